The molecule has 0 saturated heterocycles. The van der Waals surface area contributed by atoms with Crippen molar-refractivity contribution in [3.05, 3.63) is 65.7 Å². The second-order valence-corrected chi connectivity index (χ2v) is 5.98. The number of carbonyl (C=O) groups excluding carboxylic acids is 1. The fourth-order valence-corrected chi connectivity index (χ4v) is 2.62. The number of aryl methyl sites for hydroxylation is 1. The van der Waals surface area contributed by atoms with Crippen LogP contribution >= 0.6 is 0 Å². The van der Waals surface area contributed by atoms with Gasteiger partial charge in [-0.15, -0.1) is 0 Å². The van der Waals surface area contributed by atoms with Gasteiger partial charge in [0.05, 0.1) is 0 Å². The summed E-state index contributed by atoms with van der Waals surface area (Å²) in [5.41, 5.74) is 3.24. The molecule has 3 nitrogen and oxygen atoms in total. The molecule has 2 aromatic carbocycles. The number of nitrogens with one attached hydrogen (secondary N) is 1. The summed E-state index contributed by atoms with van der Waals surface area (Å²) in [5.74, 6) is 0.504. The van der Waals surface area contributed by atoms with Gasteiger partial charge >= 0.3 is 0 Å². The van der Waals surface area contributed by atoms with Crippen molar-refractivity contribution in [3.63, 3.8) is 0 Å². The Hall–Kier alpha value is -2.13. The Morgan fingerprint density at radius 3 is 2.32 bits per heavy atom. The minimum absolute atomic E-state index is 0.0379. The molecule has 0 heterocycles. The smallest absolute Gasteiger partial charge is 0.279 e. The number of anilines is 1. The Kier molecular flexibility index (Phi) is 5.73. The van der Waals surface area contributed by atoms with Crippen molar-refractivity contribution < 1.29 is 10.1 Å². The lowest BCUT2D eigenvalue weighted by molar-refractivity contribution is -0.692. The molecule has 0 bridgehead atoms. The Morgan fingerprint density at radius 2 is 1.68 bits per heavy atom. The highest BCUT2D eigenvalue weighted by atomic mass is 16.1. The highest BCUT2D eigenvalue weighted by Crippen LogP contribution is 2.17. The molecule has 3 heteroatoms. The number of amides is 1. The van der Waals surface area contributed by atoms with E-state index in [0.29, 0.717) is 18.5 Å². The van der Waals surface area contributed by atoms with Gasteiger partial charge in [-0.3, -0.25) is 4.79 Å². The molecular formula is C19H25N2O+. The average Bonchev–Trinajstić information content (AvgIpc) is 2.50. The molecule has 3 N–H and O–H groups in total. The molecule has 1 atom stereocenters. The van der Waals surface area contributed by atoms with E-state index < -0.39 is 0 Å². The molecule has 0 aliphatic carbocycles. The van der Waals surface area contributed by atoms with E-state index in [2.05, 4.69) is 36.6 Å². The fraction of sp³-hybridized carbons (Fsp3) is 0.316. The van der Waals surface area contributed by atoms with Crippen molar-refractivity contribution >= 4 is 11.6 Å². The maximum absolute atomic E-state index is 12.2. The number of hydrogen-bond donors (Lipinski definition) is 2. The molecule has 0 aromatic heterocycles. The monoisotopic (exact) mass is 297 g/mol. The molecule has 116 valence electrons. The standard InChI is InChI=1S/C19H24N2O/c1-14(2)19(16-10-5-4-6-11-16)20-13-18(22)21-17-12-8-7-9-15(17)3/h4-12,14,19-20H,13H2,1-3H3,(H,21,22)/p+1/t19-/m1/s1. The van der Waals surface area contributed by atoms with Crippen LogP contribution in [0.25, 0.3) is 0 Å². The quantitative estimate of drug-likeness (QED) is 0.846. The van der Waals surface area contributed by atoms with Crippen LogP contribution in [-0.2, 0) is 4.79 Å². The summed E-state index contributed by atoms with van der Waals surface area (Å²) in [6.45, 7) is 6.80. The van der Waals surface area contributed by atoms with E-state index in [-0.39, 0.29) is 5.91 Å². The van der Waals surface area contributed by atoms with Gasteiger partial charge in [0.25, 0.3) is 5.91 Å². The molecule has 0 saturated carbocycles. The van der Waals surface area contributed by atoms with Gasteiger partial charge in [-0.2, -0.15) is 0 Å². The summed E-state index contributed by atoms with van der Waals surface area (Å²) < 4.78 is 0. The number of nitrogens with two attached hydrogens (primary N) is 1. The van der Waals surface area contributed by atoms with Gasteiger partial charge in [0, 0.05) is 17.2 Å². The maximum atomic E-state index is 12.2. The molecule has 22 heavy (non-hydrogen) atoms. The van der Waals surface area contributed by atoms with Crippen molar-refractivity contribution in [1.29, 1.82) is 0 Å². The zero-order chi connectivity index (χ0) is 15.9. The van der Waals surface area contributed by atoms with Crippen LogP contribution in [0, 0.1) is 12.8 Å². The normalized spacial score (nSPS) is 12.2. The van der Waals surface area contributed by atoms with Gasteiger partial charge in [-0.25, -0.2) is 0 Å². The predicted molar refractivity (Wildman–Crippen MR) is 90.6 cm³/mol. The summed E-state index contributed by atoms with van der Waals surface area (Å²) >= 11 is 0. The van der Waals surface area contributed by atoms with Gasteiger partial charge in [0.2, 0.25) is 0 Å². The Balaban J connectivity index is 1.95. The molecule has 2 aromatic rings. The third-order valence-corrected chi connectivity index (χ3v) is 3.88. The highest BCUT2D eigenvalue weighted by Gasteiger charge is 2.20. The first-order valence-electron chi connectivity index (χ1n) is 7.81. The van der Waals surface area contributed by atoms with Gasteiger partial charge in [0.15, 0.2) is 6.54 Å². The first-order chi connectivity index (χ1) is 10.6. The van der Waals surface area contributed by atoms with Crippen molar-refractivity contribution in [2.75, 3.05) is 11.9 Å². The van der Waals surface area contributed by atoms with Crippen molar-refractivity contribution in [1.82, 2.24) is 0 Å². The summed E-state index contributed by atoms with van der Waals surface area (Å²) in [6.07, 6.45) is 0. The van der Waals surface area contributed by atoms with E-state index in [1.807, 2.05) is 49.4 Å². The lowest BCUT2D eigenvalue weighted by Crippen LogP contribution is -2.88. The van der Waals surface area contributed by atoms with Crippen LogP contribution < -0.4 is 10.6 Å². The van der Waals surface area contributed by atoms with E-state index in [9.17, 15) is 4.79 Å². The number of hydrogen-bond acceptors (Lipinski definition) is 1. The molecule has 0 aliphatic heterocycles. The summed E-state index contributed by atoms with van der Waals surface area (Å²) in [5, 5.41) is 5.10. The van der Waals surface area contributed by atoms with Gasteiger partial charge < -0.3 is 10.6 Å². The van der Waals surface area contributed by atoms with Crippen LogP contribution in [0.15, 0.2) is 54.6 Å². The fourth-order valence-electron chi connectivity index (χ4n) is 2.62. The van der Waals surface area contributed by atoms with Crippen LogP contribution in [-0.4, -0.2) is 12.5 Å². The lowest BCUT2D eigenvalue weighted by Gasteiger charge is -2.19. The number of quaternary nitrogens is 1. The van der Waals surface area contributed by atoms with Crippen LogP contribution in [0.1, 0.15) is 31.0 Å². The topological polar surface area (TPSA) is 45.7 Å². The van der Waals surface area contributed by atoms with E-state index >= 15 is 0 Å². The maximum Gasteiger partial charge on any atom is 0.279 e. The Bertz CT molecular complexity index is 608. The largest absolute Gasteiger partial charge is 0.332 e. The third-order valence-electron chi connectivity index (χ3n) is 3.88. The Labute approximate surface area is 132 Å². The molecule has 0 fully saturated rings. The minimum Gasteiger partial charge on any atom is -0.332 e. The Morgan fingerprint density at radius 1 is 1.05 bits per heavy atom. The number of para-hydroxylation sites is 1. The number of benzene rings is 2. The second kappa shape index (κ2) is 7.76. The van der Waals surface area contributed by atoms with Crippen LogP contribution in [0.4, 0.5) is 5.69 Å². The highest BCUT2D eigenvalue weighted by molar-refractivity contribution is 5.92. The van der Waals surface area contributed by atoms with Crippen molar-refractivity contribution in [2.24, 2.45) is 5.92 Å². The third kappa shape index (κ3) is 4.43. The lowest BCUT2D eigenvalue weighted by atomic mass is 9.96. The SMILES string of the molecule is Cc1ccccc1NC(=O)C[NH2+][C@@H](c1ccccc1)C(C)C. The van der Waals surface area contributed by atoms with E-state index in [4.69, 9.17) is 0 Å². The number of carbonyl (C=O) groups is 1. The van der Waals surface area contributed by atoms with E-state index in [1.165, 1.54) is 5.56 Å². The average molecular weight is 297 g/mol. The van der Waals surface area contributed by atoms with Crippen LogP contribution in [0.2, 0.25) is 0 Å². The summed E-state index contributed by atoms with van der Waals surface area (Å²) in [4.78, 5) is 12.2. The van der Waals surface area contributed by atoms with E-state index in [1.54, 1.807) is 0 Å². The molecular weight excluding hydrogens is 272 g/mol. The first-order valence-corrected chi connectivity index (χ1v) is 7.81. The minimum atomic E-state index is 0.0379. The van der Waals surface area contributed by atoms with Gasteiger partial charge in [0.1, 0.15) is 6.04 Å². The molecule has 0 radical (unpaired) electrons. The molecule has 2 rings (SSSR count). The second-order valence-electron chi connectivity index (χ2n) is 5.98. The van der Waals surface area contributed by atoms with Crippen LogP contribution in [0.3, 0.4) is 0 Å². The summed E-state index contributed by atoms with van der Waals surface area (Å²) in [6, 6.07) is 18.5. The molecule has 0 aliphatic rings. The zero-order valence-electron chi connectivity index (χ0n) is 13.5. The van der Waals surface area contributed by atoms with Crippen molar-refractivity contribution in [2.45, 2.75) is 26.8 Å². The molecule has 1 amide bonds. The number of rotatable bonds is 6. The molecule has 0 spiro atoms. The zero-order valence-corrected chi connectivity index (χ0v) is 13.5. The van der Waals surface area contributed by atoms with E-state index in [0.717, 1.165) is 11.3 Å². The van der Waals surface area contributed by atoms with Crippen molar-refractivity contribution in [3.8, 4) is 0 Å². The first kappa shape index (κ1) is 16.2. The molecule has 0 unspecified atom stereocenters. The predicted octanol–water partition coefficient (Wildman–Crippen LogP) is 2.89. The van der Waals surface area contributed by atoms with Crippen LogP contribution in [0.5, 0.6) is 0 Å². The van der Waals surface area contributed by atoms with Gasteiger partial charge in [-0.05, 0) is 18.6 Å². The summed E-state index contributed by atoms with van der Waals surface area (Å²) in [7, 11) is 0. The van der Waals surface area contributed by atoms with Gasteiger partial charge in [-0.1, -0.05) is 62.4 Å².